The Kier molecular flexibility index (Phi) is 3.11. The van der Waals surface area contributed by atoms with Gasteiger partial charge in [0.05, 0.1) is 11.4 Å². The van der Waals surface area contributed by atoms with Gasteiger partial charge in [0, 0.05) is 17.0 Å². The van der Waals surface area contributed by atoms with Crippen LogP contribution in [0.5, 0.6) is 0 Å². The number of nitrogen functional groups attached to an aromatic ring is 1. The molecule has 20 heavy (non-hydrogen) atoms. The van der Waals surface area contributed by atoms with Crippen LogP contribution in [0.15, 0.2) is 11.6 Å². The van der Waals surface area contributed by atoms with Crippen LogP contribution in [-0.4, -0.2) is 21.1 Å². The van der Waals surface area contributed by atoms with Gasteiger partial charge in [0.2, 0.25) is 0 Å². The highest BCUT2D eigenvalue weighted by molar-refractivity contribution is 7.21. The number of nitrogens with zero attached hydrogens (tertiary/aromatic N) is 3. The maximum Gasteiger partial charge on any atom is 0.269 e. The maximum absolute atomic E-state index is 12.2. The quantitative estimate of drug-likeness (QED) is 0.759. The number of aryl methyl sites for hydroxylation is 2. The number of nitrogens with one attached hydrogen (secondary N) is 1. The van der Waals surface area contributed by atoms with Crippen LogP contribution < -0.4 is 11.1 Å². The lowest BCUT2D eigenvalue weighted by molar-refractivity contribution is 0.103. The van der Waals surface area contributed by atoms with Gasteiger partial charge in [-0.1, -0.05) is 0 Å². The number of nitrogens with two attached hydrogens (primary N) is 1. The topological polar surface area (TPSA) is 93.8 Å². The molecule has 1 amide bonds. The van der Waals surface area contributed by atoms with Crippen molar-refractivity contribution in [3.8, 4) is 0 Å². The number of aromatic nitrogens is 3. The Balaban J connectivity index is 2.06. The monoisotopic (exact) mass is 305 g/mol. The van der Waals surface area contributed by atoms with Crippen LogP contribution in [0, 0.1) is 13.8 Å². The molecule has 3 aromatic rings. The minimum absolute atomic E-state index is 0.266. The molecule has 0 aliphatic heterocycles. The molecule has 0 aromatic carbocycles. The Bertz CT molecular complexity index is 794. The Hall–Kier alpha value is -2.06. The molecule has 3 heterocycles. The summed E-state index contributed by atoms with van der Waals surface area (Å²) in [7, 11) is 0. The molecule has 0 bridgehead atoms. The minimum Gasteiger partial charge on any atom is -0.397 e. The molecular weight excluding hydrogens is 294 g/mol. The van der Waals surface area contributed by atoms with Gasteiger partial charge in [-0.2, -0.15) is 5.10 Å². The summed E-state index contributed by atoms with van der Waals surface area (Å²) in [6.45, 7) is 3.80. The van der Waals surface area contributed by atoms with Gasteiger partial charge in [-0.3, -0.25) is 10.1 Å². The summed E-state index contributed by atoms with van der Waals surface area (Å²) in [6, 6.07) is 0. The molecule has 8 heteroatoms. The van der Waals surface area contributed by atoms with Gasteiger partial charge in [0.15, 0.2) is 5.13 Å². The summed E-state index contributed by atoms with van der Waals surface area (Å²) >= 11 is 2.60. The maximum atomic E-state index is 12.2. The first-order chi connectivity index (χ1) is 9.58. The molecule has 0 saturated carbocycles. The third-order valence-electron chi connectivity index (χ3n) is 2.99. The minimum atomic E-state index is -0.266. The van der Waals surface area contributed by atoms with Crippen LogP contribution in [-0.2, 0) is 0 Å². The molecular formula is C12H11N5OS2. The number of thiophene rings is 1. The zero-order valence-electron chi connectivity index (χ0n) is 10.8. The Morgan fingerprint density at radius 3 is 2.85 bits per heavy atom. The number of thiazole rings is 1. The predicted octanol–water partition coefficient (Wildman–Crippen LogP) is 2.60. The van der Waals surface area contributed by atoms with Gasteiger partial charge in [-0.05, 0) is 19.4 Å². The zero-order chi connectivity index (χ0) is 14.3. The lowest BCUT2D eigenvalue weighted by Crippen LogP contribution is -2.11. The fraction of sp³-hybridized carbons (Fsp3) is 0.167. The van der Waals surface area contributed by atoms with Gasteiger partial charge in [0.1, 0.15) is 9.71 Å². The molecule has 102 valence electrons. The van der Waals surface area contributed by atoms with E-state index in [9.17, 15) is 4.79 Å². The fourth-order valence-corrected chi connectivity index (χ4v) is 3.37. The van der Waals surface area contributed by atoms with Crippen molar-refractivity contribution < 1.29 is 4.79 Å². The van der Waals surface area contributed by atoms with Crippen LogP contribution >= 0.6 is 22.7 Å². The number of rotatable bonds is 2. The molecule has 0 aliphatic carbocycles. The van der Waals surface area contributed by atoms with E-state index in [1.807, 2.05) is 13.8 Å². The Labute approximate surface area is 122 Å². The first kappa shape index (κ1) is 12.9. The standard InChI is InChI=1S/C12H11N5OS2/c1-5-6(2)16-17-11-7(5)8(13)9(20-11)10(18)15-12-14-3-4-19-12/h3-4H,13H2,1-2H3,(H,14,15,18). The average molecular weight is 305 g/mol. The summed E-state index contributed by atoms with van der Waals surface area (Å²) in [5, 5.41) is 14.0. The molecule has 6 nitrogen and oxygen atoms in total. The normalized spacial score (nSPS) is 10.9. The highest BCUT2D eigenvalue weighted by Crippen LogP contribution is 2.35. The summed E-state index contributed by atoms with van der Waals surface area (Å²) in [6.07, 6.45) is 1.63. The molecule has 0 unspecified atom stereocenters. The zero-order valence-corrected chi connectivity index (χ0v) is 12.4. The summed E-state index contributed by atoms with van der Waals surface area (Å²) in [5.41, 5.74) is 8.33. The highest BCUT2D eigenvalue weighted by Gasteiger charge is 2.20. The van der Waals surface area contributed by atoms with Gasteiger partial charge in [-0.25, -0.2) is 4.98 Å². The SMILES string of the molecule is Cc1nnc2sc(C(=O)Nc3nccs3)c(N)c2c1C. The van der Waals surface area contributed by atoms with E-state index in [-0.39, 0.29) is 5.91 Å². The van der Waals surface area contributed by atoms with Gasteiger partial charge in [0.25, 0.3) is 5.91 Å². The van der Waals surface area contributed by atoms with E-state index in [1.165, 1.54) is 22.7 Å². The van der Waals surface area contributed by atoms with Crippen LogP contribution in [0.2, 0.25) is 0 Å². The number of hydrogen-bond donors (Lipinski definition) is 2. The van der Waals surface area contributed by atoms with E-state index in [0.717, 1.165) is 16.6 Å². The Morgan fingerprint density at radius 2 is 2.15 bits per heavy atom. The molecule has 0 radical (unpaired) electrons. The van der Waals surface area contributed by atoms with Crippen molar-refractivity contribution in [3.63, 3.8) is 0 Å². The highest BCUT2D eigenvalue weighted by atomic mass is 32.1. The van der Waals surface area contributed by atoms with Gasteiger partial charge >= 0.3 is 0 Å². The second-order valence-corrected chi connectivity index (χ2v) is 6.12. The molecule has 3 aromatic heterocycles. The Morgan fingerprint density at radius 1 is 1.35 bits per heavy atom. The van der Waals surface area contributed by atoms with Crippen molar-refractivity contribution in [2.75, 3.05) is 11.1 Å². The summed E-state index contributed by atoms with van der Waals surface area (Å²) in [5.74, 6) is -0.266. The first-order valence-corrected chi connectivity index (χ1v) is 7.50. The van der Waals surface area contributed by atoms with Crippen LogP contribution in [0.25, 0.3) is 10.2 Å². The lowest BCUT2D eigenvalue weighted by atomic mass is 10.1. The summed E-state index contributed by atoms with van der Waals surface area (Å²) in [4.78, 5) is 17.4. The molecule has 3 rings (SSSR count). The first-order valence-electron chi connectivity index (χ1n) is 5.80. The van der Waals surface area contributed by atoms with E-state index in [2.05, 4.69) is 20.5 Å². The third-order valence-corrected chi connectivity index (χ3v) is 4.77. The van der Waals surface area contributed by atoms with Crippen molar-refractivity contribution >= 4 is 49.6 Å². The fourth-order valence-electron chi connectivity index (χ4n) is 1.85. The lowest BCUT2D eigenvalue weighted by Gasteiger charge is -2.01. The van der Waals surface area contributed by atoms with Gasteiger partial charge in [-0.15, -0.1) is 27.8 Å². The van der Waals surface area contributed by atoms with Crippen molar-refractivity contribution in [2.45, 2.75) is 13.8 Å². The number of fused-ring (bicyclic) bond motifs is 1. The third kappa shape index (κ3) is 2.02. The second kappa shape index (κ2) is 4.80. The van der Waals surface area contributed by atoms with Crippen LogP contribution in [0.4, 0.5) is 10.8 Å². The molecule has 0 atom stereocenters. The molecule has 0 aliphatic rings. The van der Waals surface area contributed by atoms with E-state index in [0.29, 0.717) is 20.5 Å². The number of carbonyl (C=O) groups excluding carboxylic acids is 1. The number of amides is 1. The van der Waals surface area contributed by atoms with E-state index < -0.39 is 0 Å². The molecule has 0 saturated heterocycles. The smallest absolute Gasteiger partial charge is 0.269 e. The van der Waals surface area contributed by atoms with Gasteiger partial charge < -0.3 is 5.73 Å². The number of anilines is 2. The predicted molar refractivity (Wildman–Crippen MR) is 81.4 cm³/mol. The van der Waals surface area contributed by atoms with Crippen LogP contribution in [0.1, 0.15) is 20.9 Å². The number of carbonyl (C=O) groups is 1. The van der Waals surface area contributed by atoms with Crippen molar-refractivity contribution in [1.82, 2.24) is 15.2 Å². The van der Waals surface area contributed by atoms with Crippen molar-refractivity contribution in [2.24, 2.45) is 0 Å². The second-order valence-electron chi connectivity index (χ2n) is 4.23. The van der Waals surface area contributed by atoms with Crippen LogP contribution in [0.3, 0.4) is 0 Å². The molecule has 0 fully saturated rings. The largest absolute Gasteiger partial charge is 0.397 e. The molecule has 3 N–H and O–H groups in total. The average Bonchev–Trinajstić information content (AvgIpc) is 3.02. The van der Waals surface area contributed by atoms with E-state index in [1.54, 1.807) is 11.6 Å². The van der Waals surface area contributed by atoms with Crippen molar-refractivity contribution in [1.29, 1.82) is 0 Å². The molecule has 0 spiro atoms. The van der Waals surface area contributed by atoms with Crippen molar-refractivity contribution in [3.05, 3.63) is 27.7 Å². The van der Waals surface area contributed by atoms with E-state index >= 15 is 0 Å². The summed E-state index contributed by atoms with van der Waals surface area (Å²) < 4.78 is 0. The van der Waals surface area contributed by atoms with E-state index in [4.69, 9.17) is 5.73 Å². The number of hydrogen-bond acceptors (Lipinski definition) is 7.